The summed E-state index contributed by atoms with van der Waals surface area (Å²) in [4.78, 5) is 24.8. The average Bonchev–Trinajstić information content (AvgIpc) is 2.99. The summed E-state index contributed by atoms with van der Waals surface area (Å²) in [5.41, 5.74) is 10.8. The lowest BCUT2D eigenvalue weighted by Gasteiger charge is -2.25. The second-order valence-corrected chi connectivity index (χ2v) is 11.6. The number of aryl methyl sites for hydroxylation is 1. The molecule has 2 atom stereocenters. The Morgan fingerprint density at radius 2 is 1.50 bits per heavy atom. The van der Waals surface area contributed by atoms with Crippen LogP contribution in [0.5, 0.6) is 0 Å². The molecule has 42 heavy (non-hydrogen) atoms. The van der Waals surface area contributed by atoms with Gasteiger partial charge in [0.1, 0.15) is 0 Å². The molecule has 4 aromatic rings. The third-order valence-corrected chi connectivity index (χ3v) is 8.33. The van der Waals surface area contributed by atoms with E-state index in [0.717, 1.165) is 28.7 Å². The maximum absolute atomic E-state index is 13.1. The lowest BCUT2D eigenvalue weighted by atomic mass is 9.80. The zero-order valence-corrected chi connectivity index (χ0v) is 25.5. The topological polar surface area (TPSA) is 66.4 Å². The number of carboxylic acid groups (broad SMARTS) is 1. The summed E-state index contributed by atoms with van der Waals surface area (Å²) in [5, 5.41) is 12.7. The van der Waals surface area contributed by atoms with Gasteiger partial charge in [0.25, 0.3) is 5.91 Å². The minimum atomic E-state index is -0.922. The van der Waals surface area contributed by atoms with E-state index in [0.29, 0.717) is 23.6 Å². The largest absolute Gasteiger partial charge is 0.478 e. The number of nitrogens with one attached hydrogen (secondary N) is 1. The number of benzene rings is 4. The fourth-order valence-electron chi connectivity index (χ4n) is 5.39. The molecule has 4 aromatic carbocycles. The van der Waals surface area contributed by atoms with Gasteiger partial charge in [0.05, 0.1) is 5.56 Å². The number of carbonyl (C=O) groups is 2. The molecule has 0 saturated heterocycles. The summed E-state index contributed by atoms with van der Waals surface area (Å²) in [7, 11) is 0. The maximum atomic E-state index is 13.1. The SMILES string of the molecule is CC(C)=C(C)c1cc(C(=O)NCc2cccc(C)c2)ccc1C(C)C(C)Cc1ccc(-c2ccccc2C(=O)O)cc1. The van der Waals surface area contributed by atoms with Crippen molar-refractivity contribution in [3.05, 3.63) is 136 Å². The van der Waals surface area contributed by atoms with Crippen molar-refractivity contribution < 1.29 is 14.7 Å². The van der Waals surface area contributed by atoms with Crippen molar-refractivity contribution >= 4 is 17.4 Å². The highest BCUT2D eigenvalue weighted by Crippen LogP contribution is 2.35. The van der Waals surface area contributed by atoms with E-state index < -0.39 is 5.97 Å². The predicted molar refractivity (Wildman–Crippen MR) is 173 cm³/mol. The van der Waals surface area contributed by atoms with Crippen LogP contribution < -0.4 is 5.32 Å². The smallest absolute Gasteiger partial charge is 0.336 e. The van der Waals surface area contributed by atoms with Crippen LogP contribution in [-0.2, 0) is 13.0 Å². The van der Waals surface area contributed by atoms with Gasteiger partial charge in [-0.3, -0.25) is 4.79 Å². The molecule has 0 aromatic heterocycles. The molecule has 4 nitrogen and oxygen atoms in total. The molecular weight excluding hydrogens is 518 g/mol. The molecule has 216 valence electrons. The van der Waals surface area contributed by atoms with Gasteiger partial charge in [-0.1, -0.05) is 97.8 Å². The second-order valence-electron chi connectivity index (χ2n) is 11.6. The molecule has 0 aliphatic heterocycles. The first-order valence-electron chi connectivity index (χ1n) is 14.6. The molecule has 2 N–H and O–H groups in total. The Labute approximate surface area is 250 Å². The van der Waals surface area contributed by atoms with Crippen LogP contribution in [0.2, 0.25) is 0 Å². The number of carbonyl (C=O) groups excluding carboxylic acids is 1. The number of rotatable bonds is 10. The molecule has 0 spiro atoms. The Kier molecular flexibility index (Phi) is 9.80. The van der Waals surface area contributed by atoms with E-state index >= 15 is 0 Å². The van der Waals surface area contributed by atoms with E-state index in [1.54, 1.807) is 12.1 Å². The number of hydrogen-bond donors (Lipinski definition) is 2. The number of amides is 1. The standard InChI is InChI=1S/C38H41NO3/c1-24(2)27(5)36-22-32(37(40)39-23-30-11-9-10-25(3)20-30)18-19-33(36)28(6)26(4)21-29-14-16-31(17-15-29)34-12-7-8-13-35(34)38(41)42/h7-20,22,26,28H,21,23H2,1-6H3,(H,39,40)(H,41,42). The first-order valence-corrected chi connectivity index (χ1v) is 14.6. The van der Waals surface area contributed by atoms with Crippen molar-refractivity contribution in [1.82, 2.24) is 5.32 Å². The van der Waals surface area contributed by atoms with Crippen molar-refractivity contribution in [3.63, 3.8) is 0 Å². The Hall–Kier alpha value is -4.44. The van der Waals surface area contributed by atoms with E-state index in [9.17, 15) is 14.7 Å². The van der Waals surface area contributed by atoms with Crippen LogP contribution in [0.3, 0.4) is 0 Å². The highest BCUT2D eigenvalue weighted by molar-refractivity contribution is 5.96. The third kappa shape index (κ3) is 7.25. The zero-order valence-electron chi connectivity index (χ0n) is 25.5. The first kappa shape index (κ1) is 30.5. The Morgan fingerprint density at radius 3 is 2.17 bits per heavy atom. The average molecular weight is 560 g/mol. The maximum Gasteiger partial charge on any atom is 0.336 e. The van der Waals surface area contributed by atoms with Crippen molar-refractivity contribution in [2.24, 2.45) is 5.92 Å². The van der Waals surface area contributed by atoms with Crippen molar-refractivity contribution in [3.8, 4) is 11.1 Å². The van der Waals surface area contributed by atoms with Crippen molar-refractivity contribution in [2.45, 2.75) is 60.4 Å². The van der Waals surface area contributed by atoms with E-state index in [1.807, 2.05) is 48.5 Å². The fraction of sp³-hybridized carbons (Fsp3) is 0.263. The molecule has 0 heterocycles. The molecule has 1 amide bonds. The van der Waals surface area contributed by atoms with Crippen LogP contribution in [0.15, 0.2) is 96.6 Å². The quantitative estimate of drug-likeness (QED) is 0.204. The number of allylic oxidation sites excluding steroid dienone is 2. The van der Waals surface area contributed by atoms with Gasteiger partial charge in [-0.25, -0.2) is 4.79 Å². The van der Waals surface area contributed by atoms with E-state index in [2.05, 4.69) is 77.2 Å². The van der Waals surface area contributed by atoms with Crippen molar-refractivity contribution in [1.29, 1.82) is 0 Å². The monoisotopic (exact) mass is 559 g/mol. The molecule has 4 heteroatoms. The molecule has 0 saturated carbocycles. The molecule has 4 rings (SSSR count). The Bertz CT molecular complexity index is 1610. The van der Waals surface area contributed by atoms with E-state index in [-0.39, 0.29) is 11.8 Å². The molecule has 0 aliphatic carbocycles. The summed E-state index contributed by atoms with van der Waals surface area (Å²) in [5.74, 6) is -0.400. The zero-order chi connectivity index (χ0) is 30.4. The molecular formula is C38H41NO3. The third-order valence-electron chi connectivity index (χ3n) is 8.33. The van der Waals surface area contributed by atoms with Crippen LogP contribution >= 0.6 is 0 Å². The van der Waals surface area contributed by atoms with Crippen LogP contribution in [-0.4, -0.2) is 17.0 Å². The Morgan fingerprint density at radius 1 is 0.786 bits per heavy atom. The fourth-order valence-corrected chi connectivity index (χ4v) is 5.39. The van der Waals surface area contributed by atoms with Crippen molar-refractivity contribution in [2.75, 3.05) is 0 Å². The highest BCUT2D eigenvalue weighted by atomic mass is 16.4. The summed E-state index contributed by atoms with van der Waals surface area (Å²) < 4.78 is 0. The van der Waals surface area contributed by atoms with Gasteiger partial charge >= 0.3 is 5.97 Å². The molecule has 0 aliphatic rings. The van der Waals surface area contributed by atoms with Gasteiger partial charge in [-0.15, -0.1) is 0 Å². The van der Waals surface area contributed by atoms with Gasteiger partial charge in [0, 0.05) is 12.1 Å². The molecule has 0 fully saturated rings. The number of carboxylic acids is 1. The van der Waals surface area contributed by atoms with E-state index in [1.165, 1.54) is 27.8 Å². The minimum absolute atomic E-state index is 0.0730. The normalized spacial score (nSPS) is 12.3. The lowest BCUT2D eigenvalue weighted by molar-refractivity contribution is 0.0697. The van der Waals surface area contributed by atoms with Crippen LogP contribution in [0.4, 0.5) is 0 Å². The highest BCUT2D eigenvalue weighted by Gasteiger charge is 2.21. The van der Waals surface area contributed by atoms with Gasteiger partial charge in [-0.2, -0.15) is 0 Å². The summed E-state index contributed by atoms with van der Waals surface area (Å²) >= 11 is 0. The summed E-state index contributed by atoms with van der Waals surface area (Å²) in [6.45, 7) is 13.4. The summed E-state index contributed by atoms with van der Waals surface area (Å²) in [6.07, 6.45) is 0.883. The number of aromatic carboxylic acids is 1. The molecule has 0 radical (unpaired) electrons. The van der Waals surface area contributed by atoms with Crippen LogP contribution in [0.25, 0.3) is 16.7 Å². The minimum Gasteiger partial charge on any atom is -0.478 e. The predicted octanol–water partition coefficient (Wildman–Crippen LogP) is 9.09. The lowest BCUT2D eigenvalue weighted by Crippen LogP contribution is -2.23. The molecule has 2 unspecified atom stereocenters. The second kappa shape index (κ2) is 13.5. The Balaban J connectivity index is 1.52. The van der Waals surface area contributed by atoms with Gasteiger partial charge in [0.15, 0.2) is 0 Å². The molecule has 0 bridgehead atoms. The van der Waals surface area contributed by atoms with E-state index in [4.69, 9.17) is 0 Å². The number of hydrogen-bond acceptors (Lipinski definition) is 2. The van der Waals surface area contributed by atoms with Gasteiger partial charge in [0.2, 0.25) is 0 Å². The summed E-state index contributed by atoms with van der Waals surface area (Å²) in [6, 6.07) is 29.6. The van der Waals surface area contributed by atoms with Gasteiger partial charge < -0.3 is 10.4 Å². The van der Waals surface area contributed by atoms with Gasteiger partial charge in [-0.05, 0) is 103 Å². The van der Waals surface area contributed by atoms with Crippen LogP contribution in [0.1, 0.15) is 89.1 Å². The first-order chi connectivity index (χ1) is 20.0. The van der Waals surface area contributed by atoms with Crippen LogP contribution in [0, 0.1) is 12.8 Å².